The topological polar surface area (TPSA) is 29.1 Å². The van der Waals surface area contributed by atoms with Crippen LogP contribution in [0.25, 0.3) is 10.1 Å². The van der Waals surface area contributed by atoms with Gasteiger partial charge in [-0.25, -0.2) is 0 Å². The van der Waals surface area contributed by atoms with Crippen LogP contribution in [0.15, 0.2) is 28.1 Å². The van der Waals surface area contributed by atoms with E-state index in [2.05, 4.69) is 33.9 Å². The maximum atomic E-state index is 11.7. The second kappa shape index (κ2) is 5.21. The third-order valence-electron chi connectivity index (χ3n) is 2.19. The Balaban J connectivity index is 2.31. The zero-order valence-corrected chi connectivity index (χ0v) is 11.7. The van der Waals surface area contributed by atoms with Crippen LogP contribution in [0.3, 0.4) is 0 Å². The smallest absolute Gasteiger partial charge is 0.251 e. The van der Waals surface area contributed by atoms with Crippen LogP contribution in [0.5, 0.6) is 0 Å². The van der Waals surface area contributed by atoms with E-state index in [1.54, 1.807) is 11.3 Å². The van der Waals surface area contributed by atoms with Crippen molar-refractivity contribution in [3.63, 3.8) is 0 Å². The maximum absolute atomic E-state index is 11.7. The summed E-state index contributed by atoms with van der Waals surface area (Å²) in [7, 11) is 0. The number of carbonyl (C=O) groups excluding carboxylic acids is 1. The second-order valence-corrected chi connectivity index (χ2v) is 5.49. The van der Waals surface area contributed by atoms with Crippen LogP contribution in [-0.2, 0) is 0 Å². The first-order chi connectivity index (χ1) is 7.72. The molecule has 0 atom stereocenters. The average molecular weight is 316 g/mol. The molecule has 84 valence electrons. The molecule has 0 aliphatic heterocycles. The maximum Gasteiger partial charge on any atom is 0.251 e. The largest absolute Gasteiger partial charge is 0.351 e. The fourth-order valence-corrected chi connectivity index (χ4v) is 3.06. The summed E-state index contributed by atoms with van der Waals surface area (Å²) in [5.41, 5.74) is 0.688. The minimum Gasteiger partial charge on any atom is -0.351 e. The highest BCUT2D eigenvalue weighted by Crippen LogP contribution is 2.30. The van der Waals surface area contributed by atoms with Crippen molar-refractivity contribution >= 4 is 55.9 Å². The van der Waals surface area contributed by atoms with Gasteiger partial charge in [0.2, 0.25) is 0 Å². The summed E-state index contributed by atoms with van der Waals surface area (Å²) >= 11 is 9.18. The third kappa shape index (κ3) is 2.42. The molecule has 1 amide bonds. The molecule has 1 aromatic carbocycles. The molecule has 0 radical (unpaired) electrons. The molecular weight excluding hydrogens is 306 g/mol. The van der Waals surface area contributed by atoms with E-state index in [-0.39, 0.29) is 5.91 Å². The normalized spacial score (nSPS) is 10.6. The van der Waals surface area contributed by atoms with Gasteiger partial charge in [0.25, 0.3) is 5.91 Å². The van der Waals surface area contributed by atoms with E-state index in [0.717, 1.165) is 9.86 Å². The van der Waals surface area contributed by atoms with E-state index < -0.39 is 0 Å². The number of fused-ring (bicyclic) bond motifs is 1. The average Bonchev–Trinajstić information content (AvgIpc) is 2.67. The summed E-state index contributed by atoms with van der Waals surface area (Å²) in [6.07, 6.45) is 0. The first-order valence-corrected chi connectivity index (χ1v) is 7.08. The Morgan fingerprint density at radius 1 is 1.50 bits per heavy atom. The summed E-state index contributed by atoms with van der Waals surface area (Å²) in [4.78, 5) is 11.7. The number of nitrogens with one attached hydrogen (secondary N) is 1. The minimum atomic E-state index is -0.0472. The first-order valence-electron chi connectivity index (χ1n) is 4.78. The predicted octanol–water partition coefficient (Wildman–Crippen LogP) is 3.32. The molecule has 2 nitrogen and oxygen atoms in total. The lowest BCUT2D eigenvalue weighted by atomic mass is 10.1. The Morgan fingerprint density at radius 2 is 2.31 bits per heavy atom. The highest BCUT2D eigenvalue weighted by Gasteiger charge is 2.07. The van der Waals surface area contributed by atoms with Crippen LogP contribution in [-0.4, -0.2) is 18.2 Å². The molecule has 0 fully saturated rings. The Labute approximate surface area is 112 Å². The first kappa shape index (κ1) is 12.0. The van der Waals surface area contributed by atoms with Gasteiger partial charge >= 0.3 is 0 Å². The molecule has 1 aromatic heterocycles. The van der Waals surface area contributed by atoms with E-state index in [4.69, 9.17) is 0 Å². The lowest BCUT2D eigenvalue weighted by molar-refractivity contribution is 0.0956. The molecule has 16 heavy (non-hydrogen) atoms. The molecule has 5 heteroatoms. The van der Waals surface area contributed by atoms with Gasteiger partial charge in [0.1, 0.15) is 0 Å². The van der Waals surface area contributed by atoms with Crippen molar-refractivity contribution < 1.29 is 4.79 Å². The molecule has 0 saturated heterocycles. The fraction of sp³-hybridized carbons (Fsp3) is 0.182. The lowest BCUT2D eigenvalue weighted by Crippen LogP contribution is -2.25. The molecular formula is C11H10BrNOS2. The standard InChI is InChI=1S/C11H10BrNOS2/c12-9-6-16-10-2-1-7(5-8(9)10)11(14)13-3-4-15/h1-2,5-6,15H,3-4H2,(H,13,14). The van der Waals surface area contributed by atoms with Crippen LogP contribution in [0.2, 0.25) is 0 Å². The van der Waals surface area contributed by atoms with Crippen molar-refractivity contribution in [2.75, 3.05) is 12.3 Å². The summed E-state index contributed by atoms with van der Waals surface area (Å²) in [6, 6.07) is 5.73. The highest BCUT2D eigenvalue weighted by molar-refractivity contribution is 9.10. The quantitative estimate of drug-likeness (QED) is 0.836. The van der Waals surface area contributed by atoms with Crippen molar-refractivity contribution in [3.05, 3.63) is 33.6 Å². The molecule has 2 rings (SSSR count). The van der Waals surface area contributed by atoms with E-state index in [1.807, 2.05) is 23.6 Å². The predicted molar refractivity (Wildman–Crippen MR) is 75.7 cm³/mol. The second-order valence-electron chi connectivity index (χ2n) is 3.27. The molecule has 0 saturated carbocycles. The zero-order valence-electron chi connectivity index (χ0n) is 8.37. The van der Waals surface area contributed by atoms with Gasteiger partial charge in [-0.15, -0.1) is 11.3 Å². The van der Waals surface area contributed by atoms with Crippen molar-refractivity contribution in [1.29, 1.82) is 0 Å². The number of hydrogen-bond donors (Lipinski definition) is 2. The minimum absolute atomic E-state index is 0.0472. The van der Waals surface area contributed by atoms with Gasteiger partial charge in [-0.2, -0.15) is 12.6 Å². The third-order valence-corrected chi connectivity index (χ3v) is 4.33. The van der Waals surface area contributed by atoms with Crippen LogP contribution < -0.4 is 5.32 Å². The molecule has 0 aliphatic rings. The van der Waals surface area contributed by atoms with E-state index in [0.29, 0.717) is 17.9 Å². The van der Waals surface area contributed by atoms with Gasteiger partial charge < -0.3 is 5.32 Å². The number of carbonyl (C=O) groups is 1. The van der Waals surface area contributed by atoms with Gasteiger partial charge in [0, 0.05) is 37.8 Å². The van der Waals surface area contributed by atoms with E-state index >= 15 is 0 Å². The van der Waals surface area contributed by atoms with Crippen LogP contribution in [0, 0.1) is 0 Å². The Hall–Kier alpha value is -0.520. The molecule has 1 N–H and O–H groups in total. The van der Waals surface area contributed by atoms with Crippen molar-refractivity contribution in [2.24, 2.45) is 0 Å². The summed E-state index contributed by atoms with van der Waals surface area (Å²) in [5.74, 6) is 0.602. The van der Waals surface area contributed by atoms with Gasteiger partial charge in [-0.1, -0.05) is 0 Å². The van der Waals surface area contributed by atoms with Crippen LogP contribution >= 0.6 is 39.9 Å². The molecule has 0 unspecified atom stereocenters. The fourth-order valence-electron chi connectivity index (χ4n) is 1.41. The number of halogens is 1. The summed E-state index contributed by atoms with van der Waals surface area (Å²) in [6.45, 7) is 0.588. The van der Waals surface area contributed by atoms with Gasteiger partial charge in [-0.3, -0.25) is 4.79 Å². The molecule has 1 heterocycles. The summed E-state index contributed by atoms with van der Waals surface area (Å²) in [5, 5.41) is 5.91. The summed E-state index contributed by atoms with van der Waals surface area (Å²) < 4.78 is 2.22. The monoisotopic (exact) mass is 315 g/mol. The Kier molecular flexibility index (Phi) is 3.89. The Bertz CT molecular complexity index is 524. The molecule has 2 aromatic rings. The lowest BCUT2D eigenvalue weighted by Gasteiger charge is -2.03. The number of hydrogen-bond acceptors (Lipinski definition) is 3. The zero-order chi connectivity index (χ0) is 11.5. The van der Waals surface area contributed by atoms with Gasteiger partial charge in [-0.05, 0) is 34.1 Å². The molecule has 0 spiro atoms. The molecule has 0 aliphatic carbocycles. The van der Waals surface area contributed by atoms with Crippen molar-refractivity contribution in [1.82, 2.24) is 5.32 Å². The van der Waals surface area contributed by atoms with Crippen LogP contribution in [0.4, 0.5) is 0 Å². The number of thiol groups is 1. The highest BCUT2D eigenvalue weighted by atomic mass is 79.9. The van der Waals surface area contributed by atoms with Gasteiger partial charge in [0.15, 0.2) is 0 Å². The SMILES string of the molecule is O=C(NCCS)c1ccc2scc(Br)c2c1. The van der Waals surface area contributed by atoms with Crippen molar-refractivity contribution in [3.8, 4) is 0 Å². The Morgan fingerprint density at radius 3 is 3.06 bits per heavy atom. The van der Waals surface area contributed by atoms with Crippen molar-refractivity contribution in [2.45, 2.75) is 0 Å². The van der Waals surface area contributed by atoms with Crippen LogP contribution in [0.1, 0.15) is 10.4 Å². The van der Waals surface area contributed by atoms with Gasteiger partial charge in [0.05, 0.1) is 0 Å². The van der Waals surface area contributed by atoms with E-state index in [1.165, 1.54) is 4.70 Å². The number of thiophene rings is 1. The van der Waals surface area contributed by atoms with E-state index in [9.17, 15) is 4.79 Å². The number of amides is 1. The molecule has 0 bridgehead atoms. The number of benzene rings is 1. The number of rotatable bonds is 3.